The van der Waals surface area contributed by atoms with Gasteiger partial charge in [-0.2, -0.15) is 4.98 Å². The van der Waals surface area contributed by atoms with Gasteiger partial charge < -0.3 is 14.4 Å². The molecule has 0 saturated carbocycles. The zero-order valence-electron chi connectivity index (χ0n) is 8.45. The van der Waals surface area contributed by atoms with Gasteiger partial charge in [-0.15, -0.1) is 0 Å². The second-order valence-corrected chi connectivity index (χ2v) is 3.23. The summed E-state index contributed by atoms with van der Waals surface area (Å²) in [7, 11) is 0. The first kappa shape index (κ1) is 15.1. The standard InChI is InChI=1S/C7H8F2N2O3.K/c1-7(2,5(8)9)6-10-3(4(12)13)11-14-6;/h5H,1-2H3,(H,12,13);/q;+1/p-1. The number of carboxylic acid groups (broad SMARTS) is 1. The first-order chi connectivity index (χ1) is 6.35. The molecule has 5 nitrogen and oxygen atoms in total. The Balaban J connectivity index is 0.00000196. The van der Waals surface area contributed by atoms with Crippen LogP contribution in [-0.2, 0) is 5.41 Å². The maximum Gasteiger partial charge on any atom is 1.00 e. The Morgan fingerprint density at radius 2 is 2.07 bits per heavy atom. The van der Waals surface area contributed by atoms with Crippen LogP contribution in [0.3, 0.4) is 0 Å². The van der Waals surface area contributed by atoms with Crippen LogP contribution in [0.25, 0.3) is 0 Å². The molecule has 0 unspecified atom stereocenters. The Hall–Kier alpha value is 0.106. The second-order valence-electron chi connectivity index (χ2n) is 3.23. The Bertz CT molecular complexity index is 354. The Morgan fingerprint density at radius 3 is 2.40 bits per heavy atom. The van der Waals surface area contributed by atoms with E-state index in [1.165, 1.54) is 13.8 Å². The molecule has 0 N–H and O–H groups in total. The zero-order chi connectivity index (χ0) is 10.9. The van der Waals surface area contributed by atoms with Gasteiger partial charge in [0, 0.05) is 0 Å². The van der Waals surface area contributed by atoms with E-state index >= 15 is 0 Å². The molecule has 0 aliphatic rings. The van der Waals surface area contributed by atoms with Gasteiger partial charge in [0.15, 0.2) is 0 Å². The molecule has 0 saturated heterocycles. The van der Waals surface area contributed by atoms with Crippen molar-refractivity contribution in [2.75, 3.05) is 0 Å². The number of aromatic carboxylic acids is 1. The predicted octanol–water partition coefficient (Wildman–Crippen LogP) is -3.02. The SMILES string of the molecule is CC(C)(c1nc(C(=O)[O-])no1)C(F)F.[K+]. The summed E-state index contributed by atoms with van der Waals surface area (Å²) in [6.07, 6.45) is -2.72. The summed E-state index contributed by atoms with van der Waals surface area (Å²) in [5, 5.41) is 13.2. The quantitative estimate of drug-likeness (QED) is 0.529. The number of hydrogen-bond acceptors (Lipinski definition) is 5. The third kappa shape index (κ3) is 3.28. The van der Waals surface area contributed by atoms with Crippen molar-refractivity contribution >= 4 is 5.97 Å². The predicted molar refractivity (Wildman–Crippen MR) is 37.7 cm³/mol. The van der Waals surface area contributed by atoms with Crippen molar-refractivity contribution in [2.45, 2.75) is 25.7 Å². The number of aromatic nitrogens is 2. The van der Waals surface area contributed by atoms with Gasteiger partial charge in [0.1, 0.15) is 11.4 Å². The Labute approximate surface area is 127 Å². The number of carbonyl (C=O) groups excluding carboxylic acids is 1. The summed E-state index contributed by atoms with van der Waals surface area (Å²) in [6, 6.07) is 0. The van der Waals surface area contributed by atoms with Gasteiger partial charge in [-0.25, -0.2) is 8.78 Å². The van der Waals surface area contributed by atoms with Crippen molar-refractivity contribution in [3.63, 3.8) is 0 Å². The Morgan fingerprint density at radius 1 is 1.53 bits per heavy atom. The van der Waals surface area contributed by atoms with Crippen molar-refractivity contribution < 1.29 is 74.6 Å². The number of hydrogen-bond donors (Lipinski definition) is 0. The molecule has 0 radical (unpaired) electrons. The van der Waals surface area contributed by atoms with Crippen LogP contribution >= 0.6 is 0 Å². The molecule has 0 atom stereocenters. The van der Waals surface area contributed by atoms with E-state index in [1.807, 2.05) is 0 Å². The minimum atomic E-state index is -2.72. The molecule has 15 heavy (non-hydrogen) atoms. The fourth-order valence-electron chi connectivity index (χ4n) is 0.661. The number of halogens is 2. The topological polar surface area (TPSA) is 79.0 Å². The van der Waals surface area contributed by atoms with Crippen LogP contribution in [0.2, 0.25) is 0 Å². The van der Waals surface area contributed by atoms with Crippen molar-refractivity contribution in [3.05, 3.63) is 11.7 Å². The van der Waals surface area contributed by atoms with Gasteiger partial charge in [-0.1, -0.05) is 5.16 Å². The van der Waals surface area contributed by atoms with Gasteiger partial charge in [-0.3, -0.25) is 0 Å². The van der Waals surface area contributed by atoms with Crippen molar-refractivity contribution in [1.82, 2.24) is 10.1 Å². The molecule has 0 spiro atoms. The van der Waals surface area contributed by atoms with E-state index in [9.17, 15) is 18.7 Å². The van der Waals surface area contributed by atoms with Crippen LogP contribution in [0.15, 0.2) is 4.52 Å². The Kier molecular flexibility index (Phi) is 5.48. The van der Waals surface area contributed by atoms with E-state index in [0.717, 1.165) is 0 Å². The van der Waals surface area contributed by atoms with Crippen LogP contribution in [0, 0.1) is 0 Å². The number of alkyl halides is 2. The summed E-state index contributed by atoms with van der Waals surface area (Å²) in [5.74, 6) is -2.81. The third-order valence-electron chi connectivity index (χ3n) is 1.71. The fraction of sp³-hybridized carbons (Fsp3) is 0.571. The monoisotopic (exact) mass is 244 g/mol. The first-order valence-corrected chi connectivity index (χ1v) is 3.69. The van der Waals surface area contributed by atoms with Crippen molar-refractivity contribution in [1.29, 1.82) is 0 Å². The summed E-state index contributed by atoms with van der Waals surface area (Å²) >= 11 is 0. The van der Waals surface area contributed by atoms with E-state index in [4.69, 9.17) is 0 Å². The average Bonchev–Trinajstić information content (AvgIpc) is 2.51. The molecule has 8 heteroatoms. The van der Waals surface area contributed by atoms with Crippen LogP contribution in [0.1, 0.15) is 30.4 Å². The van der Waals surface area contributed by atoms with Gasteiger partial charge in [0.2, 0.25) is 11.7 Å². The molecular weight excluding hydrogens is 237 g/mol. The molecule has 0 amide bonds. The maximum atomic E-state index is 12.4. The first-order valence-electron chi connectivity index (χ1n) is 3.69. The van der Waals surface area contributed by atoms with Crippen LogP contribution in [0.5, 0.6) is 0 Å². The third-order valence-corrected chi connectivity index (χ3v) is 1.71. The molecule has 1 aromatic rings. The van der Waals surface area contributed by atoms with Crippen LogP contribution in [0.4, 0.5) is 8.78 Å². The van der Waals surface area contributed by atoms with Crippen LogP contribution < -0.4 is 56.5 Å². The minimum absolute atomic E-state index is 0. The molecule has 0 aliphatic heterocycles. The van der Waals surface area contributed by atoms with Gasteiger partial charge >= 0.3 is 51.4 Å². The summed E-state index contributed by atoms with van der Waals surface area (Å²) in [6.45, 7) is 2.34. The normalized spacial score (nSPS) is 11.3. The van der Waals surface area contributed by atoms with Crippen LogP contribution in [-0.4, -0.2) is 22.5 Å². The van der Waals surface area contributed by atoms with Crippen molar-refractivity contribution in [2.24, 2.45) is 0 Å². The van der Waals surface area contributed by atoms with Crippen molar-refractivity contribution in [3.8, 4) is 0 Å². The van der Waals surface area contributed by atoms with E-state index in [-0.39, 0.29) is 51.4 Å². The summed E-state index contributed by atoms with van der Waals surface area (Å²) < 4.78 is 29.2. The number of carboxylic acids is 1. The van der Waals surface area contributed by atoms with E-state index < -0.39 is 29.5 Å². The summed E-state index contributed by atoms with van der Waals surface area (Å²) in [5.41, 5.74) is -1.67. The molecule has 0 bridgehead atoms. The smallest absolute Gasteiger partial charge is 0.541 e. The molecule has 78 valence electrons. The van der Waals surface area contributed by atoms with E-state index in [1.54, 1.807) is 0 Å². The molecule has 0 aliphatic carbocycles. The molecular formula is C7H7F2KN2O3. The fourth-order valence-corrected chi connectivity index (χ4v) is 0.661. The number of carbonyl (C=O) groups is 1. The van der Waals surface area contributed by atoms with Gasteiger partial charge in [-0.05, 0) is 13.8 Å². The number of rotatable bonds is 3. The second kappa shape index (κ2) is 5.44. The maximum absolute atomic E-state index is 12.4. The zero-order valence-corrected chi connectivity index (χ0v) is 11.6. The summed E-state index contributed by atoms with van der Waals surface area (Å²) in [4.78, 5) is 13.5. The average molecular weight is 244 g/mol. The van der Waals surface area contributed by atoms with Gasteiger partial charge in [0.25, 0.3) is 6.43 Å². The molecule has 0 aromatic carbocycles. The largest absolute Gasteiger partial charge is 1.00 e. The van der Waals surface area contributed by atoms with Gasteiger partial charge in [0.05, 0.1) is 0 Å². The molecule has 1 heterocycles. The number of nitrogens with zero attached hydrogens (tertiary/aromatic N) is 2. The minimum Gasteiger partial charge on any atom is -0.541 e. The van der Waals surface area contributed by atoms with E-state index in [0.29, 0.717) is 0 Å². The molecule has 1 aromatic heterocycles. The molecule has 1 rings (SSSR count). The molecule has 0 fully saturated rings. The van der Waals surface area contributed by atoms with E-state index in [2.05, 4.69) is 14.7 Å².